The van der Waals surface area contributed by atoms with Crippen LogP contribution in [0.1, 0.15) is 45.6 Å². The number of amides is 1. The van der Waals surface area contributed by atoms with Crippen molar-refractivity contribution in [1.29, 1.82) is 5.26 Å². The molecule has 1 aliphatic carbocycles. The lowest BCUT2D eigenvalue weighted by molar-refractivity contribution is -0.119. The van der Waals surface area contributed by atoms with E-state index >= 15 is 4.39 Å². The summed E-state index contributed by atoms with van der Waals surface area (Å²) in [5, 5.41) is 12.1. The van der Waals surface area contributed by atoms with Gasteiger partial charge in [-0.3, -0.25) is 24.0 Å². The summed E-state index contributed by atoms with van der Waals surface area (Å²) in [5.41, 5.74) is -0.587. The second kappa shape index (κ2) is 10.7. The predicted molar refractivity (Wildman–Crippen MR) is 134 cm³/mol. The average molecular weight is 501 g/mol. The smallest absolute Gasteiger partial charge is 0.329 e. The Balaban J connectivity index is 1.72. The maximum Gasteiger partial charge on any atom is 0.329 e. The first-order valence-corrected chi connectivity index (χ1v) is 12.5. The van der Waals surface area contributed by atoms with Crippen LogP contribution in [0.15, 0.2) is 15.7 Å². The number of H-pyrrole nitrogens is 1. The van der Waals surface area contributed by atoms with Crippen LogP contribution in [-0.4, -0.2) is 66.2 Å². The molecule has 2 unspecified atom stereocenters. The Hall–Kier alpha value is -3.39. The number of hydrogen-bond acceptors (Lipinski definition) is 7. The first kappa shape index (κ1) is 25.7. The van der Waals surface area contributed by atoms with Gasteiger partial charge in [0.15, 0.2) is 11.6 Å². The third kappa shape index (κ3) is 4.95. The lowest BCUT2D eigenvalue weighted by Crippen LogP contribution is -2.49. The number of hydrogen-bond donors (Lipinski definition) is 2. The number of nitrogens with zero attached hydrogens (tertiary/aromatic N) is 4. The molecule has 0 spiro atoms. The number of ether oxygens (including phenoxy) is 1. The number of nitriles is 1. The Labute approximate surface area is 208 Å². The standard InChI is InChI=1S/C25H33FN6O4/c1-4-30(10-5-9-27)20(13-28-15(2)33)16-8-11-31(14-16)22-19(26)12-18-21(23(22)36-3)32(17-6-7-17)25(35)29-24(18)34/h12,16-17,20H,4-8,10-11,13-14H2,1-3H3,(H,28,33)(H,29,34,35). The van der Waals surface area contributed by atoms with Gasteiger partial charge in [-0.2, -0.15) is 5.26 Å². The number of fused-ring (bicyclic) bond motifs is 1. The van der Waals surface area contributed by atoms with Crippen molar-refractivity contribution in [2.45, 2.75) is 51.6 Å². The fourth-order valence-corrected chi connectivity index (χ4v) is 5.41. The second-order valence-corrected chi connectivity index (χ2v) is 9.53. The summed E-state index contributed by atoms with van der Waals surface area (Å²) < 4.78 is 22.8. The van der Waals surface area contributed by atoms with Crippen molar-refractivity contribution >= 4 is 22.5 Å². The van der Waals surface area contributed by atoms with Gasteiger partial charge in [-0.1, -0.05) is 6.92 Å². The molecule has 10 nitrogen and oxygen atoms in total. The normalized spacial score (nSPS) is 18.4. The number of carbonyl (C=O) groups excluding carboxylic acids is 1. The summed E-state index contributed by atoms with van der Waals surface area (Å²) in [6, 6.07) is 3.30. The van der Waals surface area contributed by atoms with Crippen LogP contribution in [0.25, 0.3) is 10.9 Å². The molecule has 36 heavy (non-hydrogen) atoms. The van der Waals surface area contributed by atoms with Gasteiger partial charge in [-0.25, -0.2) is 9.18 Å². The first-order chi connectivity index (χ1) is 17.3. The number of nitrogens with one attached hydrogen (secondary N) is 2. The zero-order valence-electron chi connectivity index (χ0n) is 21.0. The minimum absolute atomic E-state index is 0.0285. The summed E-state index contributed by atoms with van der Waals surface area (Å²) in [6.45, 7) is 6.27. The number of methoxy groups -OCH3 is 1. The van der Waals surface area contributed by atoms with Crippen LogP contribution in [0.4, 0.5) is 10.1 Å². The minimum atomic E-state index is -0.638. The van der Waals surface area contributed by atoms with Crippen LogP contribution >= 0.6 is 0 Å². The highest BCUT2D eigenvalue weighted by Crippen LogP contribution is 2.43. The highest BCUT2D eigenvalue weighted by molar-refractivity contribution is 5.91. The Morgan fingerprint density at radius 2 is 2.14 bits per heavy atom. The van der Waals surface area contributed by atoms with E-state index in [-0.39, 0.29) is 40.7 Å². The molecule has 2 fully saturated rings. The number of benzene rings is 1. The van der Waals surface area contributed by atoms with Crippen LogP contribution in [0.3, 0.4) is 0 Å². The number of halogens is 1. The second-order valence-electron chi connectivity index (χ2n) is 9.53. The zero-order chi connectivity index (χ0) is 26.0. The molecule has 1 saturated heterocycles. The SMILES string of the molecule is CCN(CCC#N)C(CNC(C)=O)C1CCN(c2c(F)cc3c(=O)[nH]c(=O)n(C4CC4)c3c2OC)C1. The quantitative estimate of drug-likeness (QED) is 0.509. The number of likely N-dealkylation sites (N-methyl/N-ethyl adjacent to an activating group) is 1. The monoisotopic (exact) mass is 500 g/mol. The van der Waals surface area contributed by atoms with E-state index < -0.39 is 17.1 Å². The van der Waals surface area contributed by atoms with Crippen molar-refractivity contribution in [3.63, 3.8) is 0 Å². The van der Waals surface area contributed by atoms with Crippen LogP contribution in [0.2, 0.25) is 0 Å². The Morgan fingerprint density at radius 1 is 1.39 bits per heavy atom. The summed E-state index contributed by atoms with van der Waals surface area (Å²) in [6.07, 6.45) is 2.74. The molecule has 2 heterocycles. The summed E-state index contributed by atoms with van der Waals surface area (Å²) in [5.74, 6) is -0.422. The van der Waals surface area contributed by atoms with Crippen molar-refractivity contribution in [2.24, 2.45) is 5.92 Å². The number of aromatic amines is 1. The van der Waals surface area contributed by atoms with Gasteiger partial charge < -0.3 is 15.0 Å². The molecule has 11 heteroatoms. The largest absolute Gasteiger partial charge is 0.492 e. The van der Waals surface area contributed by atoms with Crippen molar-refractivity contribution < 1.29 is 13.9 Å². The van der Waals surface area contributed by atoms with Gasteiger partial charge in [-0.15, -0.1) is 0 Å². The molecule has 2 atom stereocenters. The Bertz CT molecular complexity index is 1290. The number of anilines is 1. The topological polar surface area (TPSA) is 123 Å². The van der Waals surface area contributed by atoms with E-state index in [1.165, 1.54) is 24.7 Å². The van der Waals surface area contributed by atoms with Gasteiger partial charge in [0.2, 0.25) is 5.91 Å². The van der Waals surface area contributed by atoms with Crippen molar-refractivity contribution in [3.8, 4) is 11.8 Å². The lowest BCUT2D eigenvalue weighted by atomic mass is 9.96. The maximum absolute atomic E-state index is 15.6. The van der Waals surface area contributed by atoms with Gasteiger partial charge in [0.1, 0.15) is 11.2 Å². The Kier molecular flexibility index (Phi) is 7.64. The molecule has 1 aliphatic heterocycles. The molecule has 1 aromatic carbocycles. The molecule has 0 bridgehead atoms. The molecule has 1 aromatic heterocycles. The number of rotatable bonds is 10. The predicted octanol–water partition coefficient (Wildman–Crippen LogP) is 1.74. The minimum Gasteiger partial charge on any atom is -0.492 e. The summed E-state index contributed by atoms with van der Waals surface area (Å²) in [4.78, 5) is 43.3. The third-order valence-electron chi connectivity index (χ3n) is 7.25. The Morgan fingerprint density at radius 3 is 2.75 bits per heavy atom. The van der Waals surface area contributed by atoms with Crippen molar-refractivity contribution in [3.05, 3.63) is 32.7 Å². The first-order valence-electron chi connectivity index (χ1n) is 12.5. The highest BCUT2D eigenvalue weighted by Gasteiger charge is 2.36. The molecule has 1 saturated carbocycles. The van der Waals surface area contributed by atoms with Gasteiger partial charge in [-0.05, 0) is 37.8 Å². The summed E-state index contributed by atoms with van der Waals surface area (Å²) in [7, 11) is 1.43. The van der Waals surface area contributed by atoms with Gasteiger partial charge >= 0.3 is 5.69 Å². The van der Waals surface area contributed by atoms with E-state index in [1.54, 1.807) is 0 Å². The van der Waals surface area contributed by atoms with Gasteiger partial charge in [0.05, 0.1) is 18.6 Å². The van der Waals surface area contributed by atoms with Gasteiger partial charge in [0.25, 0.3) is 5.56 Å². The van der Waals surface area contributed by atoms with Crippen LogP contribution in [0.5, 0.6) is 5.75 Å². The van der Waals surface area contributed by atoms with Crippen molar-refractivity contribution in [1.82, 2.24) is 19.8 Å². The van der Waals surface area contributed by atoms with Gasteiger partial charge in [0, 0.05) is 51.6 Å². The lowest BCUT2D eigenvalue weighted by Gasteiger charge is -2.35. The highest BCUT2D eigenvalue weighted by atomic mass is 19.1. The van der Waals surface area contributed by atoms with Crippen molar-refractivity contribution in [2.75, 3.05) is 44.7 Å². The molecule has 2 aromatic rings. The molecular formula is C25H33FN6O4. The van der Waals surface area contributed by atoms with Crippen LogP contribution in [0, 0.1) is 23.1 Å². The molecule has 1 amide bonds. The number of aromatic nitrogens is 2. The van der Waals surface area contributed by atoms with E-state index in [9.17, 15) is 14.4 Å². The molecule has 194 valence electrons. The molecule has 0 radical (unpaired) electrons. The molecule has 2 aliphatic rings. The van der Waals surface area contributed by atoms with E-state index in [0.717, 1.165) is 19.3 Å². The third-order valence-corrected chi connectivity index (χ3v) is 7.25. The van der Waals surface area contributed by atoms with E-state index in [1.807, 2.05) is 11.8 Å². The van der Waals surface area contributed by atoms with Crippen LogP contribution in [-0.2, 0) is 4.79 Å². The fourth-order valence-electron chi connectivity index (χ4n) is 5.41. The number of carbonyl (C=O) groups is 1. The molecule has 4 rings (SSSR count). The van der Waals surface area contributed by atoms with Crippen LogP contribution < -0.4 is 26.2 Å². The summed E-state index contributed by atoms with van der Waals surface area (Å²) >= 11 is 0. The van der Waals surface area contributed by atoms with E-state index in [0.29, 0.717) is 44.7 Å². The average Bonchev–Trinajstić information content (AvgIpc) is 3.56. The maximum atomic E-state index is 15.6. The van der Waals surface area contributed by atoms with E-state index in [4.69, 9.17) is 10.00 Å². The van der Waals surface area contributed by atoms with E-state index in [2.05, 4.69) is 21.3 Å². The molecular weight excluding hydrogens is 467 g/mol. The zero-order valence-corrected chi connectivity index (χ0v) is 21.0. The molecule has 2 N–H and O–H groups in total. The fraction of sp³-hybridized carbons (Fsp3) is 0.600.